The van der Waals surface area contributed by atoms with E-state index in [1.165, 1.54) is 0 Å². The van der Waals surface area contributed by atoms with E-state index in [-0.39, 0.29) is 4.90 Å². The highest BCUT2D eigenvalue weighted by Crippen LogP contribution is 2.29. The fourth-order valence-electron chi connectivity index (χ4n) is 1.59. The van der Waals surface area contributed by atoms with Crippen LogP contribution in [-0.2, 0) is 14.6 Å². The van der Waals surface area contributed by atoms with E-state index < -0.39 is 21.5 Å². The molecule has 0 saturated heterocycles. The summed E-state index contributed by atoms with van der Waals surface area (Å²) >= 11 is 0. The number of fused-ring (bicyclic) bond motifs is 1. The summed E-state index contributed by atoms with van der Waals surface area (Å²) in [5.74, 6) is -0.923. The topological polar surface area (TPSA) is 63.2 Å². The summed E-state index contributed by atoms with van der Waals surface area (Å²) in [4.78, 5) is 11.3. The van der Waals surface area contributed by atoms with Crippen LogP contribution in [0.1, 0.15) is 5.56 Å². The highest BCUT2D eigenvalue weighted by molar-refractivity contribution is 7.92. The monoisotopic (exact) mass is 211 g/mol. The van der Waals surface area contributed by atoms with Crippen molar-refractivity contribution in [2.75, 3.05) is 11.1 Å². The molecule has 0 saturated carbocycles. The van der Waals surface area contributed by atoms with E-state index in [1.807, 2.05) is 0 Å². The minimum Gasteiger partial charge on any atom is -0.324 e. The number of amides is 1. The molecule has 2 rings (SSSR count). The van der Waals surface area contributed by atoms with Gasteiger partial charge in [-0.3, -0.25) is 4.79 Å². The molecular weight excluding hydrogens is 202 g/mol. The first-order valence-corrected chi connectivity index (χ1v) is 5.78. The lowest BCUT2D eigenvalue weighted by molar-refractivity contribution is -0.114. The van der Waals surface area contributed by atoms with Gasteiger partial charge in [-0.1, -0.05) is 12.1 Å². The summed E-state index contributed by atoms with van der Waals surface area (Å²) in [6, 6.07) is 5.03. The van der Waals surface area contributed by atoms with Gasteiger partial charge in [-0.2, -0.15) is 0 Å². The van der Waals surface area contributed by atoms with Crippen LogP contribution in [0.4, 0.5) is 5.69 Å². The van der Waals surface area contributed by atoms with E-state index in [4.69, 9.17) is 0 Å². The van der Waals surface area contributed by atoms with Crippen molar-refractivity contribution in [3.8, 4) is 0 Å². The van der Waals surface area contributed by atoms with Gasteiger partial charge in [-0.25, -0.2) is 8.42 Å². The van der Waals surface area contributed by atoms with Crippen molar-refractivity contribution in [3.63, 3.8) is 0 Å². The number of anilines is 1. The second-order valence-corrected chi connectivity index (χ2v) is 5.19. The van der Waals surface area contributed by atoms with Crippen molar-refractivity contribution < 1.29 is 13.2 Å². The maximum atomic E-state index is 11.6. The lowest BCUT2D eigenvalue weighted by Crippen LogP contribution is -2.29. The maximum Gasteiger partial charge on any atom is 0.239 e. The summed E-state index contributed by atoms with van der Waals surface area (Å²) in [6.07, 6.45) is 0. The predicted molar refractivity (Wildman–Crippen MR) is 51.9 cm³/mol. The number of hydrogen-bond acceptors (Lipinski definition) is 3. The normalized spacial score (nSPS) is 18.5. The Bertz CT molecular complexity index is 505. The molecule has 1 aromatic rings. The Morgan fingerprint density at radius 1 is 1.36 bits per heavy atom. The quantitative estimate of drug-likeness (QED) is 0.687. The van der Waals surface area contributed by atoms with Gasteiger partial charge in [0.05, 0.1) is 10.6 Å². The molecule has 5 heteroatoms. The molecule has 0 radical (unpaired) electrons. The number of benzene rings is 1. The summed E-state index contributed by atoms with van der Waals surface area (Å²) in [5.41, 5.74) is 1.06. The number of aryl methyl sites for hydroxylation is 1. The summed E-state index contributed by atoms with van der Waals surface area (Å²) in [7, 11) is -3.43. The third-order valence-electron chi connectivity index (χ3n) is 2.12. The molecule has 1 heterocycles. The van der Waals surface area contributed by atoms with Crippen molar-refractivity contribution in [3.05, 3.63) is 23.8 Å². The Balaban J connectivity index is 2.77. The largest absolute Gasteiger partial charge is 0.324 e. The molecule has 0 aliphatic carbocycles. The molecule has 1 aliphatic rings. The highest BCUT2D eigenvalue weighted by Gasteiger charge is 2.29. The molecular formula is C9H9NO3S. The van der Waals surface area contributed by atoms with Gasteiger partial charge in [0.1, 0.15) is 5.75 Å². The van der Waals surface area contributed by atoms with E-state index in [2.05, 4.69) is 5.32 Å². The third-order valence-corrected chi connectivity index (χ3v) is 3.92. The predicted octanol–water partition coefficient (Wildman–Crippen LogP) is 0.721. The fraction of sp³-hybridized carbons (Fsp3) is 0.222. The van der Waals surface area contributed by atoms with Gasteiger partial charge in [0.15, 0.2) is 9.84 Å². The summed E-state index contributed by atoms with van der Waals surface area (Å²) in [5, 5.41) is 2.54. The molecule has 74 valence electrons. The second kappa shape index (κ2) is 2.81. The molecule has 0 unspecified atom stereocenters. The second-order valence-electron chi connectivity index (χ2n) is 3.26. The van der Waals surface area contributed by atoms with Gasteiger partial charge in [-0.15, -0.1) is 0 Å². The molecule has 0 fully saturated rings. The van der Waals surface area contributed by atoms with Gasteiger partial charge in [0.2, 0.25) is 5.91 Å². The molecule has 1 amide bonds. The van der Waals surface area contributed by atoms with E-state index >= 15 is 0 Å². The first-order valence-electron chi connectivity index (χ1n) is 4.13. The van der Waals surface area contributed by atoms with Crippen molar-refractivity contribution in [2.45, 2.75) is 11.8 Å². The lowest BCUT2D eigenvalue weighted by Gasteiger charge is -2.18. The average Bonchev–Trinajstić information content (AvgIpc) is 2.00. The lowest BCUT2D eigenvalue weighted by atomic mass is 10.2. The zero-order valence-corrected chi connectivity index (χ0v) is 8.39. The molecule has 14 heavy (non-hydrogen) atoms. The van der Waals surface area contributed by atoms with E-state index in [9.17, 15) is 13.2 Å². The van der Waals surface area contributed by atoms with Crippen LogP contribution in [0, 0.1) is 6.92 Å². The van der Waals surface area contributed by atoms with E-state index in [0.29, 0.717) is 11.3 Å². The van der Waals surface area contributed by atoms with Crippen LogP contribution in [0.15, 0.2) is 23.1 Å². The SMILES string of the molecule is Cc1cccc2c1S(=O)(=O)CC(=O)N2. The van der Waals surface area contributed by atoms with E-state index in [0.717, 1.165) is 0 Å². The van der Waals surface area contributed by atoms with Crippen molar-refractivity contribution in [1.82, 2.24) is 0 Å². The van der Waals surface area contributed by atoms with Crippen LogP contribution in [0.25, 0.3) is 0 Å². The molecule has 1 N–H and O–H groups in total. The molecule has 1 aliphatic heterocycles. The number of carbonyl (C=O) groups excluding carboxylic acids is 1. The van der Waals surface area contributed by atoms with Gasteiger partial charge in [-0.05, 0) is 18.6 Å². The van der Waals surface area contributed by atoms with Crippen LogP contribution in [0.3, 0.4) is 0 Å². The molecule has 0 spiro atoms. The van der Waals surface area contributed by atoms with Gasteiger partial charge in [0, 0.05) is 0 Å². The van der Waals surface area contributed by atoms with Crippen LogP contribution < -0.4 is 5.32 Å². The number of rotatable bonds is 0. The maximum absolute atomic E-state index is 11.6. The Kier molecular flexibility index (Phi) is 1.85. The minimum atomic E-state index is -3.43. The Labute approximate surface area is 81.9 Å². The Morgan fingerprint density at radius 2 is 2.07 bits per heavy atom. The molecule has 4 nitrogen and oxygen atoms in total. The summed E-state index contributed by atoms with van der Waals surface area (Å²) < 4.78 is 23.3. The number of hydrogen-bond donors (Lipinski definition) is 1. The molecule has 0 aromatic heterocycles. The Morgan fingerprint density at radius 3 is 2.79 bits per heavy atom. The van der Waals surface area contributed by atoms with E-state index in [1.54, 1.807) is 25.1 Å². The van der Waals surface area contributed by atoms with Crippen molar-refractivity contribution >= 4 is 21.4 Å². The van der Waals surface area contributed by atoms with Crippen molar-refractivity contribution in [1.29, 1.82) is 0 Å². The first kappa shape index (κ1) is 9.21. The zero-order chi connectivity index (χ0) is 10.3. The average molecular weight is 211 g/mol. The zero-order valence-electron chi connectivity index (χ0n) is 7.57. The minimum absolute atomic E-state index is 0.250. The fourth-order valence-corrected chi connectivity index (χ4v) is 3.17. The van der Waals surface area contributed by atoms with Gasteiger partial charge < -0.3 is 5.32 Å². The van der Waals surface area contributed by atoms with Crippen LogP contribution in [0.5, 0.6) is 0 Å². The van der Waals surface area contributed by atoms with Gasteiger partial charge in [0.25, 0.3) is 0 Å². The third kappa shape index (κ3) is 1.29. The molecule has 0 bridgehead atoms. The standard InChI is InChI=1S/C9H9NO3S/c1-6-3-2-4-7-9(6)14(12,13)5-8(11)10-7/h2-4H,5H2,1H3,(H,10,11). The Hall–Kier alpha value is -1.36. The van der Waals surface area contributed by atoms with Gasteiger partial charge >= 0.3 is 0 Å². The first-order chi connectivity index (χ1) is 6.50. The summed E-state index contributed by atoms with van der Waals surface area (Å²) in [6.45, 7) is 1.72. The number of nitrogens with one attached hydrogen (secondary N) is 1. The number of carbonyl (C=O) groups is 1. The highest BCUT2D eigenvalue weighted by atomic mass is 32.2. The van der Waals surface area contributed by atoms with Crippen LogP contribution >= 0.6 is 0 Å². The van der Waals surface area contributed by atoms with Crippen LogP contribution in [0.2, 0.25) is 0 Å². The number of sulfone groups is 1. The molecule has 0 atom stereocenters. The smallest absolute Gasteiger partial charge is 0.239 e. The van der Waals surface area contributed by atoms with Crippen LogP contribution in [-0.4, -0.2) is 20.1 Å². The molecule has 1 aromatic carbocycles. The van der Waals surface area contributed by atoms with Crippen molar-refractivity contribution in [2.24, 2.45) is 0 Å².